The van der Waals surface area contributed by atoms with E-state index in [1.165, 1.54) is 12.8 Å². The Morgan fingerprint density at radius 1 is 1.22 bits per heavy atom. The third-order valence-corrected chi connectivity index (χ3v) is 5.42. The summed E-state index contributed by atoms with van der Waals surface area (Å²) in [6.07, 6.45) is 3.09. The van der Waals surface area contributed by atoms with Gasteiger partial charge in [-0.15, -0.1) is 0 Å². The molecule has 2 unspecified atom stereocenters. The second-order valence-corrected chi connectivity index (χ2v) is 7.11. The van der Waals surface area contributed by atoms with Gasteiger partial charge in [-0.3, -0.25) is 0 Å². The molecule has 1 saturated carbocycles. The van der Waals surface area contributed by atoms with Crippen molar-refractivity contribution in [2.24, 2.45) is 5.92 Å². The molecule has 100 valence electrons. The summed E-state index contributed by atoms with van der Waals surface area (Å²) in [7, 11) is -3.08. The predicted octanol–water partition coefficient (Wildman–Crippen LogP) is 3.08. The van der Waals surface area contributed by atoms with Crippen molar-refractivity contribution in [2.75, 3.05) is 11.1 Å². The quantitative estimate of drug-likeness (QED) is 0.861. The smallest absolute Gasteiger partial charge is 0.178 e. The molecule has 1 aromatic carbocycles. The highest BCUT2D eigenvalue weighted by Gasteiger charge is 2.34. The average Bonchev–Trinajstić information content (AvgIpc) is 3.08. The van der Waals surface area contributed by atoms with Crippen molar-refractivity contribution in [1.82, 2.24) is 0 Å². The Hall–Kier alpha value is -1.03. The van der Waals surface area contributed by atoms with E-state index in [1.54, 1.807) is 12.1 Å². The summed E-state index contributed by atoms with van der Waals surface area (Å²) >= 11 is 0. The molecule has 1 aromatic rings. The van der Waals surface area contributed by atoms with Gasteiger partial charge in [-0.05, 0) is 43.0 Å². The van der Waals surface area contributed by atoms with Crippen LogP contribution in [0.15, 0.2) is 29.2 Å². The summed E-state index contributed by atoms with van der Waals surface area (Å²) < 4.78 is 23.7. The third-order valence-electron chi connectivity index (χ3n) is 3.49. The molecule has 1 aliphatic carbocycles. The zero-order valence-electron chi connectivity index (χ0n) is 11.0. The van der Waals surface area contributed by atoms with Crippen LogP contribution in [0.3, 0.4) is 0 Å². The van der Waals surface area contributed by atoms with Crippen molar-refractivity contribution in [3.05, 3.63) is 24.3 Å². The van der Waals surface area contributed by atoms with Crippen molar-refractivity contribution >= 4 is 15.5 Å². The van der Waals surface area contributed by atoms with Crippen LogP contribution in [0, 0.1) is 5.92 Å². The van der Waals surface area contributed by atoms with Crippen LogP contribution in [0.4, 0.5) is 5.69 Å². The highest BCUT2D eigenvalue weighted by Crippen LogP contribution is 2.36. The monoisotopic (exact) mass is 267 g/mol. The molecule has 1 fully saturated rings. The van der Waals surface area contributed by atoms with Gasteiger partial charge in [0.1, 0.15) is 0 Å². The fourth-order valence-corrected chi connectivity index (χ4v) is 3.56. The fourth-order valence-electron chi connectivity index (χ4n) is 2.23. The maximum Gasteiger partial charge on any atom is 0.178 e. The normalized spacial score (nSPS) is 22.8. The minimum absolute atomic E-state index is 0.223. The molecule has 4 heteroatoms. The van der Waals surface area contributed by atoms with Gasteiger partial charge in [-0.2, -0.15) is 0 Å². The van der Waals surface area contributed by atoms with Crippen LogP contribution in [0.2, 0.25) is 0 Å². The Bertz CT molecular complexity index is 493. The van der Waals surface area contributed by atoms with E-state index in [1.807, 2.05) is 19.1 Å². The molecule has 0 saturated heterocycles. The second-order valence-electron chi connectivity index (χ2n) is 5.00. The van der Waals surface area contributed by atoms with Gasteiger partial charge < -0.3 is 5.32 Å². The van der Waals surface area contributed by atoms with E-state index in [4.69, 9.17) is 0 Å². The molecule has 1 aliphatic rings. The Balaban J connectivity index is 2.02. The largest absolute Gasteiger partial charge is 0.382 e. The lowest BCUT2D eigenvalue weighted by Gasteiger charge is -2.07. The molecule has 0 heterocycles. The van der Waals surface area contributed by atoms with Gasteiger partial charge >= 0.3 is 0 Å². The maximum atomic E-state index is 11.9. The summed E-state index contributed by atoms with van der Waals surface area (Å²) in [6, 6.07) is 7.72. The molecule has 2 rings (SSSR count). The molecular weight excluding hydrogens is 246 g/mol. The Morgan fingerprint density at radius 2 is 1.89 bits per heavy atom. The molecule has 0 bridgehead atoms. The minimum Gasteiger partial charge on any atom is -0.382 e. The second kappa shape index (κ2) is 5.31. The zero-order valence-corrected chi connectivity index (χ0v) is 11.8. The lowest BCUT2D eigenvalue weighted by Crippen LogP contribution is -2.07. The average molecular weight is 267 g/mol. The van der Waals surface area contributed by atoms with Gasteiger partial charge in [0, 0.05) is 11.7 Å². The highest BCUT2D eigenvalue weighted by molar-refractivity contribution is 7.91. The van der Waals surface area contributed by atoms with Crippen LogP contribution in [0.25, 0.3) is 0 Å². The van der Waals surface area contributed by atoms with E-state index in [0.717, 1.165) is 11.6 Å². The summed E-state index contributed by atoms with van der Waals surface area (Å²) in [5.41, 5.74) is 1.02. The van der Waals surface area contributed by atoms with Crippen molar-refractivity contribution in [1.29, 1.82) is 0 Å². The topological polar surface area (TPSA) is 46.2 Å². The third kappa shape index (κ3) is 3.05. The molecule has 2 atom stereocenters. The highest BCUT2D eigenvalue weighted by atomic mass is 32.2. The fraction of sp³-hybridized carbons (Fsp3) is 0.571. The SMILES string of the molecule is CCCS(=O)(=O)c1ccc(NC2CC2CC)cc1. The molecule has 1 N–H and O–H groups in total. The van der Waals surface area contributed by atoms with Crippen molar-refractivity contribution < 1.29 is 8.42 Å². The van der Waals surface area contributed by atoms with E-state index < -0.39 is 9.84 Å². The van der Waals surface area contributed by atoms with E-state index in [-0.39, 0.29) is 5.75 Å². The van der Waals surface area contributed by atoms with Crippen LogP contribution in [0.1, 0.15) is 33.1 Å². The van der Waals surface area contributed by atoms with Crippen LogP contribution < -0.4 is 5.32 Å². The molecule has 0 spiro atoms. The van der Waals surface area contributed by atoms with Gasteiger partial charge in [0.25, 0.3) is 0 Å². The molecule has 0 aromatic heterocycles. The van der Waals surface area contributed by atoms with Crippen molar-refractivity contribution in [2.45, 2.75) is 44.0 Å². The van der Waals surface area contributed by atoms with Crippen LogP contribution >= 0.6 is 0 Å². The van der Waals surface area contributed by atoms with Gasteiger partial charge in [-0.1, -0.05) is 20.3 Å². The van der Waals surface area contributed by atoms with Gasteiger partial charge in [0.15, 0.2) is 9.84 Å². The number of benzene rings is 1. The van der Waals surface area contributed by atoms with Crippen LogP contribution in [0.5, 0.6) is 0 Å². The summed E-state index contributed by atoms with van der Waals surface area (Å²) in [6.45, 7) is 4.08. The van der Waals surface area contributed by atoms with E-state index in [2.05, 4.69) is 12.2 Å². The number of anilines is 1. The zero-order chi connectivity index (χ0) is 13.2. The van der Waals surface area contributed by atoms with Crippen molar-refractivity contribution in [3.63, 3.8) is 0 Å². The molecular formula is C14H21NO2S. The Labute approximate surface area is 110 Å². The molecule has 18 heavy (non-hydrogen) atoms. The Kier molecular flexibility index (Phi) is 3.95. The predicted molar refractivity (Wildman–Crippen MR) is 74.6 cm³/mol. The number of hydrogen-bond acceptors (Lipinski definition) is 3. The number of rotatable bonds is 6. The lowest BCUT2D eigenvalue weighted by molar-refractivity contribution is 0.595. The Morgan fingerprint density at radius 3 is 2.39 bits per heavy atom. The molecule has 0 aliphatic heterocycles. The van der Waals surface area contributed by atoms with Gasteiger partial charge in [0.05, 0.1) is 10.6 Å². The van der Waals surface area contributed by atoms with Crippen molar-refractivity contribution in [3.8, 4) is 0 Å². The first kappa shape index (κ1) is 13.4. The van der Waals surface area contributed by atoms with Gasteiger partial charge in [-0.25, -0.2) is 8.42 Å². The first-order valence-corrected chi connectivity index (χ1v) is 8.31. The minimum atomic E-state index is -3.08. The van der Waals surface area contributed by atoms with E-state index >= 15 is 0 Å². The summed E-state index contributed by atoms with van der Waals surface area (Å²) in [5.74, 6) is 1.01. The first-order valence-electron chi connectivity index (χ1n) is 6.66. The van der Waals surface area contributed by atoms with Crippen LogP contribution in [-0.4, -0.2) is 20.2 Å². The summed E-state index contributed by atoms with van der Waals surface area (Å²) in [4.78, 5) is 0.428. The van der Waals surface area contributed by atoms with Crippen LogP contribution in [-0.2, 0) is 9.84 Å². The number of sulfone groups is 1. The molecule has 0 radical (unpaired) electrons. The van der Waals surface area contributed by atoms with Gasteiger partial charge in [0.2, 0.25) is 0 Å². The summed E-state index contributed by atoms with van der Waals surface area (Å²) in [5, 5.41) is 3.43. The standard InChI is InChI=1S/C14H21NO2S/c1-3-9-18(16,17)13-7-5-12(6-8-13)15-14-10-11(14)4-2/h5-8,11,14-15H,3-4,9-10H2,1-2H3. The van der Waals surface area contributed by atoms with E-state index in [0.29, 0.717) is 17.4 Å². The molecule has 3 nitrogen and oxygen atoms in total. The maximum absolute atomic E-state index is 11.9. The number of hydrogen-bond donors (Lipinski definition) is 1. The number of nitrogens with one attached hydrogen (secondary N) is 1. The first-order chi connectivity index (χ1) is 8.56. The molecule has 0 amide bonds. The van der Waals surface area contributed by atoms with E-state index in [9.17, 15) is 8.42 Å². The lowest BCUT2D eigenvalue weighted by atomic mass is 10.3.